The van der Waals surface area contributed by atoms with Gasteiger partial charge in [-0.3, -0.25) is 4.79 Å². The van der Waals surface area contributed by atoms with Crippen molar-refractivity contribution in [3.8, 4) is 0 Å². The van der Waals surface area contributed by atoms with Gasteiger partial charge in [-0.1, -0.05) is 24.4 Å². The number of amides is 1. The van der Waals surface area contributed by atoms with Gasteiger partial charge in [0.15, 0.2) is 0 Å². The first kappa shape index (κ1) is 15.8. The summed E-state index contributed by atoms with van der Waals surface area (Å²) in [6, 6.07) is 5.15. The summed E-state index contributed by atoms with van der Waals surface area (Å²) < 4.78 is 0.720. The lowest BCUT2D eigenvalue weighted by atomic mass is 9.79. The fraction of sp³-hybridized carbons (Fsp3) is 0.533. The van der Waals surface area contributed by atoms with Crippen LogP contribution in [0.15, 0.2) is 22.7 Å². The Bertz CT molecular complexity index is 481. The van der Waals surface area contributed by atoms with Crippen LogP contribution in [0.2, 0.25) is 5.02 Å². The molecule has 1 aliphatic carbocycles. The monoisotopic (exact) mass is 359 g/mol. The lowest BCUT2D eigenvalue weighted by Gasteiger charge is -2.30. The molecular formula is C15H19BrClNO2. The van der Waals surface area contributed by atoms with Crippen LogP contribution >= 0.6 is 27.5 Å². The summed E-state index contributed by atoms with van der Waals surface area (Å²) in [5, 5.41) is 12.9. The van der Waals surface area contributed by atoms with Crippen molar-refractivity contribution in [1.82, 2.24) is 5.32 Å². The zero-order valence-corrected chi connectivity index (χ0v) is 13.6. The van der Waals surface area contributed by atoms with E-state index in [0.29, 0.717) is 29.0 Å². The highest BCUT2D eigenvalue weighted by atomic mass is 79.9. The molecule has 0 aromatic heterocycles. The minimum absolute atomic E-state index is 0.0929. The number of aliphatic hydroxyl groups is 1. The van der Waals surface area contributed by atoms with Gasteiger partial charge in [-0.25, -0.2) is 0 Å². The van der Waals surface area contributed by atoms with E-state index in [1.54, 1.807) is 18.2 Å². The van der Waals surface area contributed by atoms with E-state index < -0.39 is 0 Å². The number of halogens is 2. The van der Waals surface area contributed by atoms with Crippen LogP contribution in [-0.2, 0) is 0 Å². The SMILES string of the molecule is O=C(NCC1CCCCC1CO)c1ccc(Cl)c(Br)c1. The molecule has 0 heterocycles. The number of carbonyl (C=O) groups is 1. The Labute approximate surface area is 132 Å². The predicted octanol–water partition coefficient (Wildman–Crippen LogP) is 3.63. The number of aliphatic hydroxyl groups excluding tert-OH is 1. The lowest BCUT2D eigenvalue weighted by Crippen LogP contribution is -2.35. The molecule has 2 atom stereocenters. The Kier molecular flexibility index (Phi) is 5.87. The van der Waals surface area contributed by atoms with Gasteiger partial charge >= 0.3 is 0 Å². The average Bonchev–Trinajstić information content (AvgIpc) is 2.47. The second kappa shape index (κ2) is 7.43. The van der Waals surface area contributed by atoms with Gasteiger partial charge in [0.2, 0.25) is 0 Å². The van der Waals surface area contributed by atoms with Gasteiger partial charge in [-0.2, -0.15) is 0 Å². The molecule has 1 saturated carbocycles. The van der Waals surface area contributed by atoms with Crippen molar-refractivity contribution in [2.75, 3.05) is 13.2 Å². The third kappa shape index (κ3) is 3.96. The van der Waals surface area contributed by atoms with E-state index in [4.69, 9.17) is 11.6 Å². The maximum atomic E-state index is 12.1. The summed E-state index contributed by atoms with van der Waals surface area (Å²) >= 11 is 9.23. The summed E-state index contributed by atoms with van der Waals surface area (Å²) in [6.45, 7) is 0.845. The molecule has 1 aromatic rings. The van der Waals surface area contributed by atoms with Crippen molar-refractivity contribution in [2.45, 2.75) is 25.7 Å². The van der Waals surface area contributed by atoms with Crippen LogP contribution in [0, 0.1) is 11.8 Å². The van der Waals surface area contributed by atoms with E-state index in [2.05, 4.69) is 21.2 Å². The molecule has 1 amide bonds. The van der Waals surface area contributed by atoms with Crippen LogP contribution in [0.3, 0.4) is 0 Å². The Morgan fingerprint density at radius 3 is 2.70 bits per heavy atom. The molecule has 1 fully saturated rings. The van der Waals surface area contributed by atoms with E-state index in [-0.39, 0.29) is 12.5 Å². The topological polar surface area (TPSA) is 49.3 Å². The minimum atomic E-state index is -0.0929. The molecule has 2 rings (SSSR count). The first-order valence-corrected chi connectivity index (χ1v) is 8.13. The number of carbonyl (C=O) groups excluding carboxylic acids is 1. The van der Waals surface area contributed by atoms with Crippen molar-refractivity contribution in [3.05, 3.63) is 33.3 Å². The Hall–Kier alpha value is -0.580. The normalized spacial score (nSPS) is 22.6. The highest BCUT2D eigenvalue weighted by Crippen LogP contribution is 2.29. The summed E-state index contributed by atoms with van der Waals surface area (Å²) in [7, 11) is 0. The Morgan fingerprint density at radius 1 is 1.35 bits per heavy atom. The zero-order valence-electron chi connectivity index (χ0n) is 11.2. The van der Waals surface area contributed by atoms with E-state index in [1.807, 2.05) is 0 Å². The largest absolute Gasteiger partial charge is 0.396 e. The average molecular weight is 361 g/mol. The molecule has 0 saturated heterocycles. The van der Waals surface area contributed by atoms with Gasteiger partial charge < -0.3 is 10.4 Å². The summed E-state index contributed by atoms with van der Waals surface area (Å²) in [6.07, 6.45) is 4.50. The van der Waals surface area contributed by atoms with Crippen molar-refractivity contribution < 1.29 is 9.90 Å². The number of nitrogens with one attached hydrogen (secondary N) is 1. The molecule has 0 spiro atoms. The smallest absolute Gasteiger partial charge is 0.251 e. The second-order valence-electron chi connectivity index (χ2n) is 5.33. The number of hydrogen-bond donors (Lipinski definition) is 2. The van der Waals surface area contributed by atoms with Crippen molar-refractivity contribution in [1.29, 1.82) is 0 Å². The van der Waals surface area contributed by atoms with Gasteiger partial charge in [-0.05, 0) is 58.8 Å². The van der Waals surface area contributed by atoms with Crippen molar-refractivity contribution in [2.24, 2.45) is 11.8 Å². The standard InChI is InChI=1S/C15H19BrClNO2/c16-13-7-10(5-6-14(13)17)15(20)18-8-11-3-1-2-4-12(11)9-19/h5-7,11-12,19H,1-4,8-9H2,(H,18,20). The van der Waals surface area contributed by atoms with Crippen molar-refractivity contribution >= 4 is 33.4 Å². The van der Waals surface area contributed by atoms with Gasteiger partial charge in [0.1, 0.15) is 0 Å². The fourth-order valence-corrected chi connectivity index (χ4v) is 3.25. The van der Waals surface area contributed by atoms with Crippen LogP contribution in [0.4, 0.5) is 0 Å². The Morgan fingerprint density at radius 2 is 2.05 bits per heavy atom. The van der Waals surface area contributed by atoms with Crippen LogP contribution < -0.4 is 5.32 Å². The van der Waals surface area contributed by atoms with E-state index in [1.165, 1.54) is 12.8 Å². The van der Waals surface area contributed by atoms with E-state index in [9.17, 15) is 9.90 Å². The molecular weight excluding hydrogens is 342 g/mol. The van der Waals surface area contributed by atoms with Crippen LogP contribution in [0.1, 0.15) is 36.0 Å². The van der Waals surface area contributed by atoms with Gasteiger partial charge in [0.25, 0.3) is 5.91 Å². The van der Waals surface area contributed by atoms with Gasteiger partial charge in [0.05, 0.1) is 5.02 Å². The number of benzene rings is 1. The molecule has 1 aromatic carbocycles. The third-order valence-electron chi connectivity index (χ3n) is 4.01. The first-order chi connectivity index (χ1) is 9.61. The highest BCUT2D eigenvalue weighted by molar-refractivity contribution is 9.10. The molecule has 5 heteroatoms. The predicted molar refractivity (Wildman–Crippen MR) is 84.0 cm³/mol. The minimum Gasteiger partial charge on any atom is -0.396 e. The molecule has 20 heavy (non-hydrogen) atoms. The quantitative estimate of drug-likeness (QED) is 0.861. The van der Waals surface area contributed by atoms with Crippen LogP contribution in [0.25, 0.3) is 0 Å². The van der Waals surface area contributed by atoms with E-state index >= 15 is 0 Å². The molecule has 2 N–H and O–H groups in total. The van der Waals surface area contributed by atoms with Gasteiger partial charge in [-0.15, -0.1) is 0 Å². The third-order valence-corrected chi connectivity index (χ3v) is 5.22. The first-order valence-electron chi connectivity index (χ1n) is 6.96. The molecule has 1 aliphatic rings. The lowest BCUT2D eigenvalue weighted by molar-refractivity contribution is 0.0909. The molecule has 110 valence electrons. The van der Waals surface area contributed by atoms with Crippen LogP contribution in [0.5, 0.6) is 0 Å². The fourth-order valence-electron chi connectivity index (χ4n) is 2.76. The maximum absolute atomic E-state index is 12.1. The molecule has 0 aliphatic heterocycles. The second-order valence-corrected chi connectivity index (χ2v) is 6.59. The van der Waals surface area contributed by atoms with Crippen molar-refractivity contribution in [3.63, 3.8) is 0 Å². The number of rotatable bonds is 4. The van der Waals surface area contributed by atoms with Gasteiger partial charge in [0, 0.05) is 23.2 Å². The summed E-state index contributed by atoms with van der Waals surface area (Å²) in [5.74, 6) is 0.610. The summed E-state index contributed by atoms with van der Waals surface area (Å²) in [4.78, 5) is 12.1. The van der Waals surface area contributed by atoms with E-state index in [0.717, 1.165) is 17.3 Å². The maximum Gasteiger partial charge on any atom is 0.251 e. The molecule has 0 radical (unpaired) electrons. The summed E-state index contributed by atoms with van der Waals surface area (Å²) in [5.41, 5.74) is 0.595. The molecule has 0 bridgehead atoms. The van der Waals surface area contributed by atoms with Crippen LogP contribution in [-0.4, -0.2) is 24.2 Å². The molecule has 3 nitrogen and oxygen atoms in total. The molecule has 2 unspecified atom stereocenters. The zero-order chi connectivity index (χ0) is 14.5. The Balaban J connectivity index is 1.92. The number of hydrogen-bond acceptors (Lipinski definition) is 2. The highest BCUT2D eigenvalue weighted by Gasteiger charge is 2.24.